The summed E-state index contributed by atoms with van der Waals surface area (Å²) in [6.07, 6.45) is 0.947. The van der Waals surface area contributed by atoms with Crippen LogP contribution in [0.15, 0.2) is 35.2 Å². The molecule has 0 amide bonds. The molecule has 0 saturated carbocycles. The molecule has 6 heteroatoms. The Kier molecular flexibility index (Phi) is 4.54. The van der Waals surface area contributed by atoms with E-state index in [4.69, 9.17) is 4.74 Å². The molecule has 122 valence electrons. The number of sulfone groups is 1. The fourth-order valence-electron chi connectivity index (χ4n) is 3.60. The van der Waals surface area contributed by atoms with E-state index in [1.807, 2.05) is 6.07 Å². The van der Waals surface area contributed by atoms with Crippen LogP contribution in [0, 0.1) is 11.3 Å². The quantitative estimate of drug-likeness (QED) is 0.867. The smallest absolute Gasteiger partial charge is 0.179 e. The van der Waals surface area contributed by atoms with Gasteiger partial charge in [0, 0.05) is 31.7 Å². The Bertz CT molecular complexity index is 604. The summed E-state index contributed by atoms with van der Waals surface area (Å²) in [5.41, 5.74) is -0.200. The van der Waals surface area contributed by atoms with Crippen LogP contribution in [-0.2, 0) is 14.6 Å². The Morgan fingerprint density at radius 2 is 2.09 bits per heavy atom. The minimum Gasteiger partial charge on any atom is -0.396 e. The van der Waals surface area contributed by atoms with Gasteiger partial charge in [-0.05, 0) is 24.5 Å². The van der Waals surface area contributed by atoms with Crippen molar-refractivity contribution in [2.75, 3.05) is 45.2 Å². The van der Waals surface area contributed by atoms with Gasteiger partial charge in [-0.25, -0.2) is 8.42 Å². The number of hydrogen-bond acceptors (Lipinski definition) is 5. The van der Waals surface area contributed by atoms with E-state index in [9.17, 15) is 13.5 Å². The van der Waals surface area contributed by atoms with E-state index in [1.54, 1.807) is 24.3 Å². The number of nitrogens with zero attached hydrogens (tertiary/aromatic N) is 1. The average molecular weight is 325 g/mol. The van der Waals surface area contributed by atoms with Crippen molar-refractivity contribution in [1.82, 2.24) is 4.90 Å². The highest BCUT2D eigenvalue weighted by atomic mass is 32.2. The number of rotatable bonds is 5. The van der Waals surface area contributed by atoms with Crippen molar-refractivity contribution >= 4 is 9.84 Å². The van der Waals surface area contributed by atoms with E-state index in [2.05, 4.69) is 4.90 Å². The minimum absolute atomic E-state index is 0.111. The number of likely N-dealkylation sites (tertiary alicyclic amines) is 1. The number of hydrogen-bond donors (Lipinski definition) is 1. The van der Waals surface area contributed by atoms with Crippen LogP contribution in [0.1, 0.15) is 6.42 Å². The van der Waals surface area contributed by atoms with E-state index >= 15 is 0 Å². The summed E-state index contributed by atoms with van der Waals surface area (Å²) in [6.45, 7) is 3.51. The summed E-state index contributed by atoms with van der Waals surface area (Å²) in [7, 11) is -3.24. The molecule has 2 saturated heterocycles. The lowest BCUT2D eigenvalue weighted by atomic mass is 9.76. The van der Waals surface area contributed by atoms with Gasteiger partial charge in [0.15, 0.2) is 9.84 Å². The summed E-state index contributed by atoms with van der Waals surface area (Å²) >= 11 is 0. The molecule has 5 nitrogen and oxygen atoms in total. The highest BCUT2D eigenvalue weighted by Crippen LogP contribution is 2.40. The van der Waals surface area contributed by atoms with Crippen LogP contribution < -0.4 is 0 Å². The highest BCUT2D eigenvalue weighted by molar-refractivity contribution is 7.91. The molecule has 2 aliphatic heterocycles. The summed E-state index contributed by atoms with van der Waals surface area (Å²) in [5, 5.41) is 9.75. The summed E-state index contributed by atoms with van der Waals surface area (Å²) in [6, 6.07) is 8.59. The molecule has 22 heavy (non-hydrogen) atoms. The Morgan fingerprint density at radius 1 is 1.32 bits per heavy atom. The van der Waals surface area contributed by atoms with Crippen LogP contribution in [0.2, 0.25) is 0 Å². The van der Waals surface area contributed by atoms with Crippen molar-refractivity contribution in [2.45, 2.75) is 11.3 Å². The zero-order valence-corrected chi connectivity index (χ0v) is 13.5. The maximum atomic E-state index is 12.4. The molecule has 0 unspecified atom stereocenters. The predicted octanol–water partition coefficient (Wildman–Crippen LogP) is 0.791. The van der Waals surface area contributed by atoms with Gasteiger partial charge in [0.2, 0.25) is 0 Å². The second kappa shape index (κ2) is 6.28. The molecule has 1 aromatic rings. The van der Waals surface area contributed by atoms with Gasteiger partial charge in [-0.2, -0.15) is 0 Å². The summed E-state index contributed by atoms with van der Waals surface area (Å²) < 4.78 is 30.2. The first-order chi connectivity index (χ1) is 10.6. The number of benzene rings is 1. The first-order valence-electron chi connectivity index (χ1n) is 7.74. The van der Waals surface area contributed by atoms with Gasteiger partial charge in [0.05, 0.1) is 23.9 Å². The van der Waals surface area contributed by atoms with Crippen molar-refractivity contribution in [3.8, 4) is 0 Å². The second-order valence-electron chi connectivity index (χ2n) is 6.43. The maximum Gasteiger partial charge on any atom is 0.179 e. The van der Waals surface area contributed by atoms with Crippen LogP contribution in [0.25, 0.3) is 0 Å². The van der Waals surface area contributed by atoms with Crippen molar-refractivity contribution in [3.63, 3.8) is 0 Å². The summed E-state index contributed by atoms with van der Waals surface area (Å²) in [5.74, 6) is 0.525. The van der Waals surface area contributed by atoms with Gasteiger partial charge >= 0.3 is 0 Å². The van der Waals surface area contributed by atoms with Crippen LogP contribution in [-0.4, -0.2) is 63.6 Å². The third-order valence-electron chi connectivity index (χ3n) is 4.98. The predicted molar refractivity (Wildman–Crippen MR) is 83.4 cm³/mol. The minimum atomic E-state index is -3.24. The second-order valence-corrected chi connectivity index (χ2v) is 8.53. The Labute approximate surface area is 131 Å². The normalized spacial score (nSPS) is 29.4. The lowest BCUT2D eigenvalue weighted by Crippen LogP contribution is -2.43. The molecular weight excluding hydrogens is 302 g/mol. The zero-order chi connectivity index (χ0) is 15.6. The van der Waals surface area contributed by atoms with E-state index in [0.717, 1.165) is 26.1 Å². The number of fused-ring (bicyclic) bond motifs is 1. The Balaban J connectivity index is 1.63. The topological polar surface area (TPSA) is 66.8 Å². The first-order valence-corrected chi connectivity index (χ1v) is 9.40. The molecule has 0 aliphatic carbocycles. The molecular formula is C16H23NO4S. The van der Waals surface area contributed by atoms with Crippen molar-refractivity contribution in [2.24, 2.45) is 11.3 Å². The molecule has 2 atom stereocenters. The van der Waals surface area contributed by atoms with Crippen LogP contribution >= 0.6 is 0 Å². The van der Waals surface area contributed by atoms with Gasteiger partial charge in [0.1, 0.15) is 0 Å². The van der Waals surface area contributed by atoms with Gasteiger partial charge in [-0.3, -0.25) is 0 Å². The number of ether oxygens (including phenoxy) is 1. The molecule has 1 N–H and O–H groups in total. The van der Waals surface area contributed by atoms with Gasteiger partial charge in [-0.15, -0.1) is 0 Å². The molecule has 0 bridgehead atoms. The van der Waals surface area contributed by atoms with Gasteiger partial charge < -0.3 is 14.7 Å². The van der Waals surface area contributed by atoms with Crippen LogP contribution in [0.4, 0.5) is 0 Å². The third kappa shape index (κ3) is 3.06. The molecule has 2 fully saturated rings. The monoisotopic (exact) mass is 325 g/mol. The van der Waals surface area contributed by atoms with E-state index in [-0.39, 0.29) is 17.8 Å². The largest absolute Gasteiger partial charge is 0.396 e. The fourth-order valence-corrected chi connectivity index (χ4v) is 4.90. The number of aliphatic hydroxyl groups is 1. The Hall–Kier alpha value is -0.950. The molecule has 2 aliphatic rings. The molecule has 0 spiro atoms. The molecule has 0 radical (unpaired) electrons. The lowest BCUT2D eigenvalue weighted by molar-refractivity contribution is -0.0559. The molecule has 0 aromatic heterocycles. The Morgan fingerprint density at radius 3 is 2.77 bits per heavy atom. The van der Waals surface area contributed by atoms with Crippen LogP contribution in [0.5, 0.6) is 0 Å². The highest BCUT2D eigenvalue weighted by Gasteiger charge is 2.48. The lowest BCUT2D eigenvalue weighted by Gasteiger charge is -2.36. The fraction of sp³-hybridized carbons (Fsp3) is 0.625. The summed E-state index contributed by atoms with van der Waals surface area (Å²) in [4.78, 5) is 2.54. The maximum absolute atomic E-state index is 12.4. The van der Waals surface area contributed by atoms with Crippen molar-refractivity contribution in [3.05, 3.63) is 30.3 Å². The van der Waals surface area contributed by atoms with E-state index in [0.29, 0.717) is 24.0 Å². The van der Waals surface area contributed by atoms with Gasteiger partial charge in [0.25, 0.3) is 0 Å². The van der Waals surface area contributed by atoms with E-state index < -0.39 is 9.84 Å². The first kappa shape index (κ1) is 15.9. The van der Waals surface area contributed by atoms with Gasteiger partial charge in [-0.1, -0.05) is 18.2 Å². The third-order valence-corrected chi connectivity index (χ3v) is 6.69. The van der Waals surface area contributed by atoms with Crippen molar-refractivity contribution in [1.29, 1.82) is 0 Å². The average Bonchev–Trinajstić information content (AvgIpc) is 2.93. The number of aliphatic hydroxyl groups excluding tert-OH is 1. The molecule has 1 aromatic carbocycles. The molecule has 3 rings (SSSR count). The van der Waals surface area contributed by atoms with Crippen molar-refractivity contribution < 1.29 is 18.3 Å². The SMILES string of the molecule is O=S(=O)(CCN1C[C@@H]2CCOC[C@]2(CO)C1)c1ccccc1. The molecule has 2 heterocycles. The van der Waals surface area contributed by atoms with Crippen LogP contribution in [0.3, 0.4) is 0 Å². The standard InChI is InChI=1S/C16H23NO4S/c18-12-16-11-17(10-14(16)6-8-21-13-16)7-9-22(19,20)15-4-2-1-3-5-15/h1-5,14,18H,6-13H2/t14-,16+/m0/s1. The van der Waals surface area contributed by atoms with E-state index in [1.165, 1.54) is 0 Å². The zero-order valence-electron chi connectivity index (χ0n) is 12.6.